The van der Waals surface area contributed by atoms with Gasteiger partial charge in [-0.2, -0.15) is 9.29 Å². The van der Waals surface area contributed by atoms with E-state index in [4.69, 9.17) is 4.52 Å². The van der Waals surface area contributed by atoms with Gasteiger partial charge in [0.15, 0.2) is 0 Å². The van der Waals surface area contributed by atoms with Crippen molar-refractivity contribution in [3.63, 3.8) is 0 Å². The van der Waals surface area contributed by atoms with Gasteiger partial charge in [0, 0.05) is 24.5 Å². The van der Waals surface area contributed by atoms with Gasteiger partial charge in [-0.05, 0) is 43.2 Å². The van der Waals surface area contributed by atoms with E-state index in [1.165, 1.54) is 18.3 Å². The van der Waals surface area contributed by atoms with Gasteiger partial charge < -0.3 is 4.52 Å². The maximum Gasteiger partial charge on any atom is 0.266 e. The number of sulfonamides is 1. The number of nitrogens with zero attached hydrogens (tertiary/aromatic N) is 4. The van der Waals surface area contributed by atoms with E-state index in [0.29, 0.717) is 5.56 Å². The molecule has 2 aromatic heterocycles. The maximum absolute atomic E-state index is 15.6. The van der Waals surface area contributed by atoms with Gasteiger partial charge in [-0.25, -0.2) is 17.2 Å². The number of halogens is 2. The Morgan fingerprint density at radius 1 is 1.21 bits per heavy atom. The van der Waals surface area contributed by atoms with Crippen LogP contribution >= 0.6 is 0 Å². The van der Waals surface area contributed by atoms with Gasteiger partial charge in [0.1, 0.15) is 5.82 Å². The average molecular weight is 406 g/mol. The molecule has 0 amide bonds. The molecule has 1 aliphatic rings. The third kappa shape index (κ3) is 3.40. The van der Waals surface area contributed by atoms with Gasteiger partial charge in [0.05, 0.1) is 11.4 Å². The van der Waals surface area contributed by atoms with E-state index >= 15 is 4.39 Å². The van der Waals surface area contributed by atoms with Crippen LogP contribution in [0.4, 0.5) is 8.78 Å². The lowest BCUT2D eigenvalue weighted by atomic mass is 9.96. The number of hydrogen-bond donors (Lipinski definition) is 0. The smallest absolute Gasteiger partial charge is 0.266 e. The molecule has 4 rings (SSSR count). The Labute approximate surface area is 160 Å². The normalized spacial score (nSPS) is 20.9. The molecule has 0 saturated carbocycles. The second kappa shape index (κ2) is 7.02. The molecule has 1 atom stereocenters. The average Bonchev–Trinajstić information content (AvgIpc) is 3.20. The quantitative estimate of drug-likeness (QED) is 0.662. The molecule has 3 aromatic rings. The molecule has 10 heteroatoms. The zero-order valence-corrected chi connectivity index (χ0v) is 15.4. The van der Waals surface area contributed by atoms with E-state index in [1.54, 1.807) is 18.3 Å². The highest BCUT2D eigenvalue weighted by atomic mass is 32.2. The number of piperidine rings is 1. The summed E-state index contributed by atoms with van der Waals surface area (Å²) in [5.41, 5.74) is -1.58. The summed E-state index contributed by atoms with van der Waals surface area (Å²) < 4.78 is 60.8. The molecule has 7 nitrogen and oxygen atoms in total. The standard InChI is InChI=1S/C18H16F2N4O3S/c19-14-5-1-6-15(10-14)28(25,26)24-9-3-7-18(20,12-24)17-22-16(23-27-17)13-4-2-8-21-11-13/h1-2,4-6,8,10-11H,3,7,9,12H2. The summed E-state index contributed by atoms with van der Waals surface area (Å²) in [5, 5.41) is 3.78. The zero-order valence-electron chi connectivity index (χ0n) is 14.6. The molecule has 1 aliphatic heterocycles. The third-order valence-corrected chi connectivity index (χ3v) is 6.41. The SMILES string of the molecule is O=S(=O)(c1cccc(F)c1)N1CCCC(F)(c2nc(-c3cccnc3)no2)C1. The Hall–Kier alpha value is -2.72. The van der Waals surface area contributed by atoms with Gasteiger partial charge in [-0.3, -0.25) is 4.98 Å². The Morgan fingerprint density at radius 2 is 2.07 bits per heavy atom. The van der Waals surface area contributed by atoms with Crippen LogP contribution in [0.2, 0.25) is 0 Å². The lowest BCUT2D eigenvalue weighted by Crippen LogP contribution is -2.46. The van der Waals surface area contributed by atoms with Crippen molar-refractivity contribution in [2.24, 2.45) is 0 Å². The van der Waals surface area contributed by atoms with E-state index in [9.17, 15) is 12.8 Å². The molecule has 0 spiro atoms. The number of alkyl halides is 1. The summed E-state index contributed by atoms with van der Waals surface area (Å²) in [6.45, 7) is -0.366. The number of benzene rings is 1. The number of aromatic nitrogens is 3. The molecule has 0 N–H and O–H groups in total. The number of pyridine rings is 1. The van der Waals surface area contributed by atoms with Crippen LogP contribution in [-0.4, -0.2) is 40.9 Å². The Morgan fingerprint density at radius 3 is 2.82 bits per heavy atom. The van der Waals surface area contributed by atoms with Crippen molar-refractivity contribution >= 4 is 10.0 Å². The summed E-state index contributed by atoms with van der Waals surface area (Å²) in [6, 6.07) is 8.02. The molecule has 146 valence electrons. The highest BCUT2D eigenvalue weighted by Crippen LogP contribution is 2.37. The fraction of sp³-hybridized carbons (Fsp3) is 0.278. The van der Waals surface area contributed by atoms with Crippen molar-refractivity contribution in [2.45, 2.75) is 23.4 Å². The summed E-state index contributed by atoms with van der Waals surface area (Å²) in [7, 11) is -4.06. The van der Waals surface area contributed by atoms with E-state index < -0.39 is 28.1 Å². The molecule has 1 aromatic carbocycles. The van der Waals surface area contributed by atoms with Crippen LogP contribution in [0.5, 0.6) is 0 Å². The Bertz CT molecular complexity index is 1090. The molecule has 1 saturated heterocycles. The number of rotatable bonds is 4. The zero-order chi connectivity index (χ0) is 19.8. The van der Waals surface area contributed by atoms with Crippen molar-refractivity contribution in [1.29, 1.82) is 0 Å². The van der Waals surface area contributed by atoms with Gasteiger partial charge in [-0.1, -0.05) is 11.2 Å². The van der Waals surface area contributed by atoms with Crippen LogP contribution in [0.1, 0.15) is 18.7 Å². The summed E-state index contributed by atoms with van der Waals surface area (Å²) in [6.07, 6.45) is 3.39. The predicted octanol–water partition coefficient (Wildman–Crippen LogP) is 2.92. The molecule has 1 fully saturated rings. The van der Waals surface area contributed by atoms with E-state index in [-0.39, 0.29) is 36.0 Å². The highest BCUT2D eigenvalue weighted by Gasteiger charge is 2.46. The van der Waals surface area contributed by atoms with Crippen molar-refractivity contribution in [1.82, 2.24) is 19.4 Å². The van der Waals surface area contributed by atoms with E-state index in [2.05, 4.69) is 15.1 Å². The molecule has 1 unspecified atom stereocenters. The topological polar surface area (TPSA) is 89.2 Å². The fourth-order valence-electron chi connectivity index (χ4n) is 3.15. The number of hydrogen-bond acceptors (Lipinski definition) is 6. The third-order valence-electron chi connectivity index (χ3n) is 4.57. The first-order valence-electron chi connectivity index (χ1n) is 8.58. The Kier molecular flexibility index (Phi) is 4.68. The van der Waals surface area contributed by atoms with Crippen LogP contribution < -0.4 is 0 Å². The maximum atomic E-state index is 15.6. The Balaban J connectivity index is 1.62. The van der Waals surface area contributed by atoms with Crippen molar-refractivity contribution in [2.75, 3.05) is 13.1 Å². The molecule has 0 aliphatic carbocycles. The van der Waals surface area contributed by atoms with Gasteiger partial charge in [0.25, 0.3) is 5.89 Å². The van der Waals surface area contributed by atoms with Crippen LogP contribution in [0.3, 0.4) is 0 Å². The molecular weight excluding hydrogens is 390 g/mol. The minimum Gasteiger partial charge on any atom is -0.335 e. The highest BCUT2D eigenvalue weighted by molar-refractivity contribution is 7.89. The van der Waals surface area contributed by atoms with Crippen molar-refractivity contribution < 1.29 is 21.7 Å². The first-order chi connectivity index (χ1) is 13.4. The predicted molar refractivity (Wildman–Crippen MR) is 94.7 cm³/mol. The minimum absolute atomic E-state index is 0.0385. The summed E-state index contributed by atoms with van der Waals surface area (Å²) in [4.78, 5) is 7.83. The first kappa shape index (κ1) is 18.6. The van der Waals surface area contributed by atoms with Crippen LogP contribution in [0, 0.1) is 5.82 Å². The first-order valence-corrected chi connectivity index (χ1v) is 10.0. The largest absolute Gasteiger partial charge is 0.335 e. The second-order valence-electron chi connectivity index (χ2n) is 6.53. The molecule has 28 heavy (non-hydrogen) atoms. The van der Waals surface area contributed by atoms with Crippen molar-refractivity contribution in [3.8, 4) is 11.4 Å². The van der Waals surface area contributed by atoms with Crippen LogP contribution in [0.15, 0.2) is 58.2 Å². The monoisotopic (exact) mass is 406 g/mol. The minimum atomic E-state index is -4.06. The van der Waals surface area contributed by atoms with E-state index in [0.717, 1.165) is 16.4 Å². The van der Waals surface area contributed by atoms with Gasteiger partial charge in [0.2, 0.25) is 21.5 Å². The van der Waals surface area contributed by atoms with Crippen LogP contribution in [0.25, 0.3) is 11.4 Å². The molecule has 0 radical (unpaired) electrons. The second-order valence-corrected chi connectivity index (χ2v) is 8.47. The summed E-state index contributed by atoms with van der Waals surface area (Å²) in [5.74, 6) is -0.793. The lowest BCUT2D eigenvalue weighted by Gasteiger charge is -2.34. The lowest BCUT2D eigenvalue weighted by molar-refractivity contribution is 0.0470. The van der Waals surface area contributed by atoms with Gasteiger partial charge in [-0.15, -0.1) is 0 Å². The molecule has 0 bridgehead atoms. The van der Waals surface area contributed by atoms with Crippen molar-refractivity contribution in [3.05, 3.63) is 60.5 Å². The van der Waals surface area contributed by atoms with Crippen LogP contribution in [-0.2, 0) is 15.7 Å². The fourth-order valence-corrected chi connectivity index (χ4v) is 4.70. The molecule has 3 heterocycles. The van der Waals surface area contributed by atoms with Gasteiger partial charge >= 0.3 is 0 Å². The van der Waals surface area contributed by atoms with E-state index in [1.807, 2.05) is 0 Å². The summed E-state index contributed by atoms with van der Waals surface area (Å²) >= 11 is 0. The molecular formula is C18H16F2N4O3S.